The Morgan fingerprint density at radius 3 is 2.95 bits per heavy atom. The van der Waals surface area contributed by atoms with E-state index in [1.54, 1.807) is 11.3 Å². The molecule has 0 unspecified atom stereocenters. The topological polar surface area (TPSA) is 43.3 Å². The van der Waals surface area contributed by atoms with Crippen LogP contribution >= 0.6 is 11.3 Å². The summed E-state index contributed by atoms with van der Waals surface area (Å²) >= 11 is 1.59. The number of hydrogen-bond donors (Lipinski definition) is 1. The quantitative estimate of drug-likeness (QED) is 0.784. The molecule has 0 spiro atoms. The summed E-state index contributed by atoms with van der Waals surface area (Å²) < 4.78 is 8.83. The zero-order valence-corrected chi connectivity index (χ0v) is 14.0. The van der Waals surface area contributed by atoms with Crippen molar-refractivity contribution in [3.05, 3.63) is 23.3 Å². The molecule has 2 heterocycles. The Hall–Kier alpha value is -1.33. The van der Waals surface area contributed by atoms with E-state index in [1.165, 1.54) is 35.8 Å². The molecule has 2 aromatic rings. The van der Waals surface area contributed by atoms with Crippen molar-refractivity contribution in [1.82, 2.24) is 9.88 Å². The molecule has 0 aromatic carbocycles. The van der Waals surface area contributed by atoms with Crippen LogP contribution in [0, 0.1) is 0 Å². The number of aromatic nitrogens is 1. The Labute approximate surface area is 135 Å². The molecule has 3 rings (SSSR count). The van der Waals surface area contributed by atoms with E-state index in [-0.39, 0.29) is 5.91 Å². The second-order valence-corrected chi connectivity index (χ2v) is 6.96. The molecular formula is C17H24N2O2S. The predicted molar refractivity (Wildman–Crippen MR) is 90.8 cm³/mol. The van der Waals surface area contributed by atoms with Crippen LogP contribution in [-0.4, -0.2) is 30.2 Å². The number of nitrogens with one attached hydrogen (secondary N) is 1. The molecule has 0 aliphatic heterocycles. The molecule has 1 saturated carbocycles. The van der Waals surface area contributed by atoms with Crippen LogP contribution < -0.4 is 5.32 Å². The average Bonchev–Trinajstić information content (AvgIpc) is 3.21. The van der Waals surface area contributed by atoms with Gasteiger partial charge >= 0.3 is 0 Å². The Morgan fingerprint density at radius 2 is 2.23 bits per heavy atom. The summed E-state index contributed by atoms with van der Waals surface area (Å²) in [6.45, 7) is 4.08. The molecule has 0 bridgehead atoms. The van der Waals surface area contributed by atoms with Crippen molar-refractivity contribution in [2.75, 3.05) is 19.8 Å². The SMILES string of the molecule is CCOCCCNC(=O)c1cc2cn(C3CCCC3)cc2s1. The first-order valence-corrected chi connectivity index (χ1v) is 9.06. The fraction of sp³-hybridized carbons (Fsp3) is 0.588. The van der Waals surface area contributed by atoms with Gasteiger partial charge in [-0.2, -0.15) is 0 Å². The third-order valence-electron chi connectivity index (χ3n) is 4.27. The number of thiophene rings is 1. The first kappa shape index (κ1) is 15.6. The maximum absolute atomic E-state index is 12.1. The molecule has 0 saturated heterocycles. The largest absolute Gasteiger partial charge is 0.382 e. The van der Waals surface area contributed by atoms with Crippen molar-refractivity contribution < 1.29 is 9.53 Å². The van der Waals surface area contributed by atoms with E-state index in [4.69, 9.17) is 4.74 Å². The molecule has 120 valence electrons. The Morgan fingerprint density at radius 1 is 1.41 bits per heavy atom. The molecule has 0 atom stereocenters. The summed E-state index contributed by atoms with van der Waals surface area (Å²) in [6.07, 6.45) is 10.5. The molecule has 2 aromatic heterocycles. The predicted octanol–water partition coefficient (Wildman–Crippen LogP) is 3.97. The van der Waals surface area contributed by atoms with Gasteiger partial charge in [0.15, 0.2) is 0 Å². The fourth-order valence-electron chi connectivity index (χ4n) is 3.09. The number of hydrogen-bond acceptors (Lipinski definition) is 3. The summed E-state index contributed by atoms with van der Waals surface area (Å²) in [5.74, 6) is 0.0325. The number of carbonyl (C=O) groups excluding carboxylic acids is 1. The zero-order chi connectivity index (χ0) is 15.4. The van der Waals surface area contributed by atoms with E-state index in [0.717, 1.165) is 17.9 Å². The van der Waals surface area contributed by atoms with Gasteiger partial charge < -0.3 is 14.6 Å². The maximum Gasteiger partial charge on any atom is 0.261 e. The van der Waals surface area contributed by atoms with Gasteiger partial charge in [-0.05, 0) is 32.3 Å². The van der Waals surface area contributed by atoms with Crippen LogP contribution in [0.2, 0.25) is 0 Å². The van der Waals surface area contributed by atoms with Crippen molar-refractivity contribution in [2.45, 2.75) is 45.1 Å². The lowest BCUT2D eigenvalue weighted by Gasteiger charge is -2.10. The van der Waals surface area contributed by atoms with Gasteiger partial charge in [-0.25, -0.2) is 0 Å². The lowest BCUT2D eigenvalue weighted by atomic mass is 10.2. The van der Waals surface area contributed by atoms with Crippen molar-refractivity contribution in [3.63, 3.8) is 0 Å². The van der Waals surface area contributed by atoms with Gasteiger partial charge in [0.1, 0.15) is 0 Å². The normalized spacial score (nSPS) is 15.7. The van der Waals surface area contributed by atoms with E-state index in [0.29, 0.717) is 19.2 Å². The number of ether oxygens (including phenoxy) is 1. The van der Waals surface area contributed by atoms with Gasteiger partial charge in [0.25, 0.3) is 5.91 Å². The first-order chi connectivity index (χ1) is 10.8. The molecule has 1 aliphatic rings. The highest BCUT2D eigenvalue weighted by Crippen LogP contribution is 2.34. The maximum atomic E-state index is 12.1. The minimum atomic E-state index is 0.0325. The minimum Gasteiger partial charge on any atom is -0.382 e. The first-order valence-electron chi connectivity index (χ1n) is 8.25. The summed E-state index contributed by atoms with van der Waals surface area (Å²) in [4.78, 5) is 12.9. The summed E-state index contributed by atoms with van der Waals surface area (Å²) in [7, 11) is 0. The van der Waals surface area contributed by atoms with Gasteiger partial charge in [0.05, 0.1) is 9.58 Å². The van der Waals surface area contributed by atoms with Crippen LogP contribution in [0.15, 0.2) is 18.5 Å². The molecular weight excluding hydrogens is 296 g/mol. The summed E-state index contributed by atoms with van der Waals surface area (Å²) in [6, 6.07) is 2.68. The van der Waals surface area contributed by atoms with Gasteiger partial charge in [-0.3, -0.25) is 4.79 Å². The van der Waals surface area contributed by atoms with Crippen LogP contribution in [0.5, 0.6) is 0 Å². The number of amides is 1. The Balaban J connectivity index is 1.57. The van der Waals surface area contributed by atoms with Crippen molar-refractivity contribution in [2.24, 2.45) is 0 Å². The van der Waals surface area contributed by atoms with Gasteiger partial charge in [-0.15, -0.1) is 11.3 Å². The van der Waals surface area contributed by atoms with E-state index in [9.17, 15) is 4.79 Å². The monoisotopic (exact) mass is 320 g/mol. The molecule has 5 heteroatoms. The van der Waals surface area contributed by atoms with Crippen molar-refractivity contribution in [3.8, 4) is 0 Å². The molecule has 22 heavy (non-hydrogen) atoms. The highest BCUT2D eigenvalue weighted by atomic mass is 32.1. The molecule has 1 amide bonds. The Kier molecular flexibility index (Phi) is 5.16. The molecule has 0 radical (unpaired) electrons. The second kappa shape index (κ2) is 7.29. The van der Waals surface area contributed by atoms with Gasteiger partial charge in [-0.1, -0.05) is 12.8 Å². The van der Waals surface area contributed by atoms with E-state index < -0.39 is 0 Å². The van der Waals surface area contributed by atoms with Crippen LogP contribution in [0.3, 0.4) is 0 Å². The molecule has 1 N–H and O–H groups in total. The smallest absolute Gasteiger partial charge is 0.261 e. The van der Waals surface area contributed by atoms with E-state index in [1.807, 2.05) is 13.0 Å². The third-order valence-corrected chi connectivity index (χ3v) is 5.35. The lowest BCUT2D eigenvalue weighted by molar-refractivity contribution is 0.0948. The average molecular weight is 320 g/mol. The highest BCUT2D eigenvalue weighted by molar-refractivity contribution is 7.20. The summed E-state index contributed by atoms with van der Waals surface area (Å²) in [5.41, 5.74) is 0. The molecule has 1 fully saturated rings. The van der Waals surface area contributed by atoms with Crippen LogP contribution in [0.1, 0.15) is 54.7 Å². The number of fused-ring (bicyclic) bond motifs is 1. The summed E-state index contributed by atoms with van der Waals surface area (Å²) in [5, 5.41) is 4.15. The number of nitrogens with zero attached hydrogens (tertiary/aromatic N) is 1. The molecule has 4 nitrogen and oxygen atoms in total. The standard InChI is InChI=1S/C17H24N2O2S/c1-2-21-9-5-8-18-17(20)15-10-13-11-19(12-16(13)22-15)14-6-3-4-7-14/h10-12,14H,2-9H2,1H3,(H,18,20). The number of rotatable bonds is 7. The minimum absolute atomic E-state index is 0.0325. The number of carbonyl (C=O) groups is 1. The van der Waals surface area contributed by atoms with Crippen LogP contribution in [0.25, 0.3) is 10.1 Å². The van der Waals surface area contributed by atoms with E-state index in [2.05, 4.69) is 22.3 Å². The lowest BCUT2D eigenvalue weighted by Crippen LogP contribution is -2.24. The zero-order valence-electron chi connectivity index (χ0n) is 13.1. The molecule has 1 aliphatic carbocycles. The fourth-order valence-corrected chi connectivity index (χ4v) is 4.08. The highest BCUT2D eigenvalue weighted by Gasteiger charge is 2.18. The Bertz CT molecular complexity index is 594. The van der Waals surface area contributed by atoms with Crippen molar-refractivity contribution >= 4 is 27.3 Å². The second-order valence-electron chi connectivity index (χ2n) is 5.88. The third kappa shape index (κ3) is 3.52. The van der Waals surface area contributed by atoms with Gasteiger partial charge in [0, 0.05) is 43.6 Å². The van der Waals surface area contributed by atoms with Crippen LogP contribution in [0.4, 0.5) is 0 Å². The van der Waals surface area contributed by atoms with Crippen LogP contribution in [-0.2, 0) is 4.74 Å². The van der Waals surface area contributed by atoms with Crippen molar-refractivity contribution in [1.29, 1.82) is 0 Å². The van der Waals surface area contributed by atoms with Gasteiger partial charge in [0.2, 0.25) is 0 Å². The van der Waals surface area contributed by atoms with E-state index >= 15 is 0 Å².